The molecule has 5 heteroatoms. The minimum Gasteiger partial charge on any atom is -0.306 e. The number of Topliss-reactive ketones (excluding diaryl/α,β-unsaturated/α-hetero) is 1. The monoisotopic (exact) mass is 282 g/mol. The molecule has 0 aliphatic carbocycles. The van der Waals surface area contributed by atoms with Crippen molar-refractivity contribution < 1.29 is 13.6 Å². The summed E-state index contributed by atoms with van der Waals surface area (Å²) in [5.74, 6) is -2.08. The standard InChI is InChI=1S/C15H20F2N2O/c1-18-7-5-12(6-8-18)19(2)10-15(20)11-3-4-13(16)14(17)9-11/h3-4,9,12H,5-8,10H2,1-2H3. The second-order valence-electron chi connectivity index (χ2n) is 5.50. The summed E-state index contributed by atoms with van der Waals surface area (Å²) in [4.78, 5) is 16.4. The van der Waals surface area contributed by atoms with Gasteiger partial charge in [0.25, 0.3) is 0 Å². The number of carbonyl (C=O) groups excluding carboxylic acids is 1. The summed E-state index contributed by atoms with van der Waals surface area (Å²) in [6.07, 6.45) is 2.05. The maximum Gasteiger partial charge on any atom is 0.176 e. The van der Waals surface area contributed by atoms with Gasteiger partial charge in [-0.3, -0.25) is 9.69 Å². The Morgan fingerprint density at radius 2 is 1.95 bits per heavy atom. The normalized spacial score (nSPS) is 17.6. The first-order chi connectivity index (χ1) is 9.47. The summed E-state index contributed by atoms with van der Waals surface area (Å²) in [7, 11) is 4.00. The zero-order valence-corrected chi connectivity index (χ0v) is 11.9. The Labute approximate surface area is 118 Å². The second kappa shape index (κ2) is 6.41. The summed E-state index contributed by atoms with van der Waals surface area (Å²) in [6.45, 7) is 2.28. The van der Waals surface area contributed by atoms with Crippen LogP contribution in [0.5, 0.6) is 0 Å². The van der Waals surface area contributed by atoms with Gasteiger partial charge < -0.3 is 4.90 Å². The number of likely N-dealkylation sites (tertiary alicyclic amines) is 1. The van der Waals surface area contributed by atoms with Crippen LogP contribution in [0.4, 0.5) is 8.78 Å². The van der Waals surface area contributed by atoms with Gasteiger partial charge in [0.15, 0.2) is 17.4 Å². The summed E-state index contributed by atoms with van der Waals surface area (Å²) in [6, 6.07) is 3.68. The third kappa shape index (κ3) is 3.61. The van der Waals surface area contributed by atoms with Crippen molar-refractivity contribution in [2.75, 3.05) is 33.7 Å². The average Bonchev–Trinajstić information content (AvgIpc) is 2.42. The number of rotatable bonds is 4. The van der Waals surface area contributed by atoms with E-state index in [0.717, 1.165) is 38.1 Å². The number of likely N-dealkylation sites (N-methyl/N-ethyl adjacent to an activating group) is 1. The van der Waals surface area contributed by atoms with Gasteiger partial charge >= 0.3 is 0 Å². The molecule has 3 nitrogen and oxygen atoms in total. The van der Waals surface area contributed by atoms with E-state index >= 15 is 0 Å². The highest BCUT2D eigenvalue weighted by atomic mass is 19.2. The Balaban J connectivity index is 1.95. The Bertz CT molecular complexity index is 485. The van der Waals surface area contributed by atoms with Gasteiger partial charge in [-0.15, -0.1) is 0 Å². The van der Waals surface area contributed by atoms with E-state index in [-0.39, 0.29) is 17.9 Å². The van der Waals surface area contributed by atoms with Gasteiger partial charge in [-0.05, 0) is 58.2 Å². The van der Waals surface area contributed by atoms with Crippen molar-refractivity contribution in [3.63, 3.8) is 0 Å². The number of benzene rings is 1. The SMILES string of the molecule is CN1CCC(N(C)CC(=O)c2ccc(F)c(F)c2)CC1. The summed E-state index contributed by atoms with van der Waals surface area (Å²) in [5, 5.41) is 0. The molecule has 1 aromatic carbocycles. The van der Waals surface area contributed by atoms with Crippen molar-refractivity contribution in [1.29, 1.82) is 0 Å². The topological polar surface area (TPSA) is 23.6 Å². The molecule has 110 valence electrons. The van der Waals surface area contributed by atoms with Gasteiger partial charge in [0, 0.05) is 11.6 Å². The van der Waals surface area contributed by atoms with Crippen LogP contribution in [-0.2, 0) is 0 Å². The first-order valence-electron chi connectivity index (χ1n) is 6.84. The molecule has 1 aliphatic rings. The van der Waals surface area contributed by atoms with Crippen LogP contribution in [0.15, 0.2) is 18.2 Å². The number of halogens is 2. The number of nitrogens with zero attached hydrogens (tertiary/aromatic N) is 2. The third-order valence-corrected chi connectivity index (χ3v) is 3.95. The maximum absolute atomic E-state index is 13.1. The molecule has 0 spiro atoms. The lowest BCUT2D eigenvalue weighted by Gasteiger charge is -2.34. The lowest BCUT2D eigenvalue weighted by atomic mass is 10.0. The van der Waals surface area contributed by atoms with E-state index in [0.29, 0.717) is 6.04 Å². The van der Waals surface area contributed by atoms with E-state index in [1.54, 1.807) is 0 Å². The molecular formula is C15H20F2N2O. The highest BCUT2D eigenvalue weighted by Gasteiger charge is 2.22. The lowest BCUT2D eigenvalue weighted by Crippen LogP contribution is -2.43. The predicted molar refractivity (Wildman–Crippen MR) is 73.8 cm³/mol. The fourth-order valence-corrected chi connectivity index (χ4v) is 2.55. The fourth-order valence-electron chi connectivity index (χ4n) is 2.55. The zero-order chi connectivity index (χ0) is 14.7. The molecule has 1 aromatic rings. The molecule has 1 aliphatic heterocycles. The van der Waals surface area contributed by atoms with Crippen molar-refractivity contribution in [3.8, 4) is 0 Å². The van der Waals surface area contributed by atoms with Crippen LogP contribution in [0.3, 0.4) is 0 Å². The first-order valence-corrected chi connectivity index (χ1v) is 6.84. The summed E-state index contributed by atoms with van der Waals surface area (Å²) < 4.78 is 26.0. The van der Waals surface area contributed by atoms with E-state index in [9.17, 15) is 13.6 Å². The van der Waals surface area contributed by atoms with Crippen LogP contribution < -0.4 is 0 Å². The predicted octanol–water partition coefficient (Wildman–Crippen LogP) is 2.17. The van der Waals surface area contributed by atoms with E-state index in [4.69, 9.17) is 0 Å². The Hall–Kier alpha value is -1.33. The molecule has 0 radical (unpaired) electrons. The molecule has 0 unspecified atom stereocenters. The highest BCUT2D eigenvalue weighted by molar-refractivity contribution is 5.97. The van der Waals surface area contributed by atoms with Crippen molar-refractivity contribution >= 4 is 5.78 Å². The molecule has 1 fully saturated rings. The van der Waals surface area contributed by atoms with Crippen LogP contribution in [0.1, 0.15) is 23.2 Å². The van der Waals surface area contributed by atoms with Gasteiger partial charge in [0.2, 0.25) is 0 Å². The average molecular weight is 282 g/mol. The lowest BCUT2D eigenvalue weighted by molar-refractivity contribution is 0.0871. The Kier molecular flexibility index (Phi) is 4.83. The Morgan fingerprint density at radius 3 is 2.55 bits per heavy atom. The van der Waals surface area contributed by atoms with Crippen LogP contribution >= 0.6 is 0 Å². The number of hydrogen-bond acceptors (Lipinski definition) is 3. The van der Waals surface area contributed by atoms with E-state index < -0.39 is 11.6 Å². The van der Waals surface area contributed by atoms with E-state index in [1.807, 2.05) is 11.9 Å². The van der Waals surface area contributed by atoms with Crippen LogP contribution in [0.25, 0.3) is 0 Å². The second-order valence-corrected chi connectivity index (χ2v) is 5.50. The van der Waals surface area contributed by atoms with Crippen molar-refractivity contribution in [3.05, 3.63) is 35.4 Å². The molecule has 2 rings (SSSR count). The molecule has 0 amide bonds. The molecule has 0 saturated carbocycles. The minimum atomic E-state index is -0.974. The molecular weight excluding hydrogens is 262 g/mol. The fraction of sp³-hybridized carbons (Fsp3) is 0.533. The van der Waals surface area contributed by atoms with Crippen LogP contribution in [0, 0.1) is 11.6 Å². The maximum atomic E-state index is 13.1. The quantitative estimate of drug-likeness (QED) is 0.791. The van der Waals surface area contributed by atoms with Crippen LogP contribution in [0.2, 0.25) is 0 Å². The summed E-state index contributed by atoms with van der Waals surface area (Å²) >= 11 is 0. The molecule has 0 aromatic heterocycles. The number of hydrogen-bond donors (Lipinski definition) is 0. The van der Waals surface area contributed by atoms with Crippen molar-refractivity contribution in [2.45, 2.75) is 18.9 Å². The largest absolute Gasteiger partial charge is 0.306 e. The van der Waals surface area contributed by atoms with E-state index in [2.05, 4.69) is 11.9 Å². The number of ketones is 1. The molecule has 0 atom stereocenters. The van der Waals surface area contributed by atoms with Crippen LogP contribution in [-0.4, -0.2) is 55.4 Å². The molecule has 0 N–H and O–H groups in total. The highest BCUT2D eigenvalue weighted by Crippen LogP contribution is 2.15. The van der Waals surface area contributed by atoms with Gasteiger partial charge in [-0.2, -0.15) is 0 Å². The molecule has 1 heterocycles. The molecule has 0 bridgehead atoms. The third-order valence-electron chi connectivity index (χ3n) is 3.95. The van der Waals surface area contributed by atoms with Gasteiger partial charge in [-0.1, -0.05) is 0 Å². The number of piperidine rings is 1. The van der Waals surface area contributed by atoms with Crippen molar-refractivity contribution in [1.82, 2.24) is 9.80 Å². The summed E-state index contributed by atoms with van der Waals surface area (Å²) in [5.41, 5.74) is 0.226. The van der Waals surface area contributed by atoms with E-state index in [1.165, 1.54) is 6.07 Å². The Morgan fingerprint density at radius 1 is 1.30 bits per heavy atom. The van der Waals surface area contributed by atoms with Crippen molar-refractivity contribution in [2.24, 2.45) is 0 Å². The van der Waals surface area contributed by atoms with Gasteiger partial charge in [0.05, 0.1) is 6.54 Å². The first kappa shape index (κ1) is 15.1. The number of carbonyl (C=O) groups is 1. The smallest absolute Gasteiger partial charge is 0.176 e. The van der Waals surface area contributed by atoms with Gasteiger partial charge in [0.1, 0.15) is 0 Å². The minimum absolute atomic E-state index is 0.176. The molecule has 1 saturated heterocycles. The zero-order valence-electron chi connectivity index (χ0n) is 11.9. The molecule has 20 heavy (non-hydrogen) atoms. The van der Waals surface area contributed by atoms with Gasteiger partial charge in [-0.25, -0.2) is 8.78 Å².